The number of halogens is 1. The second-order valence-electron chi connectivity index (χ2n) is 8.10. The van der Waals surface area contributed by atoms with E-state index in [0.29, 0.717) is 44.9 Å². The highest BCUT2D eigenvalue weighted by molar-refractivity contribution is 5.50. The number of morpholine rings is 1. The van der Waals surface area contributed by atoms with Crippen LogP contribution < -0.4 is 15.0 Å². The zero-order valence-corrected chi connectivity index (χ0v) is 18.2. The number of rotatable bonds is 7. The van der Waals surface area contributed by atoms with Gasteiger partial charge in [-0.2, -0.15) is 5.26 Å². The molecule has 1 N–H and O–H groups in total. The number of methoxy groups -OCH3 is 1. The maximum atomic E-state index is 14.2. The van der Waals surface area contributed by atoms with Gasteiger partial charge in [0.15, 0.2) is 17.9 Å². The minimum Gasteiger partial charge on any atom is -0.494 e. The molecule has 170 valence electrons. The van der Waals surface area contributed by atoms with Gasteiger partial charge in [-0.3, -0.25) is 0 Å². The first-order valence-corrected chi connectivity index (χ1v) is 10.8. The van der Waals surface area contributed by atoms with E-state index in [2.05, 4.69) is 16.3 Å². The third kappa shape index (κ3) is 5.37. The zero-order chi connectivity index (χ0) is 22.4. The molecule has 0 unspecified atom stereocenters. The Morgan fingerprint density at radius 2 is 2.00 bits per heavy atom. The molecule has 2 heterocycles. The van der Waals surface area contributed by atoms with E-state index < -0.39 is 11.4 Å². The van der Waals surface area contributed by atoms with Gasteiger partial charge >= 0.3 is 0 Å². The summed E-state index contributed by atoms with van der Waals surface area (Å²) in [7, 11) is 1.45. The van der Waals surface area contributed by atoms with Crippen LogP contribution in [0.4, 0.5) is 10.1 Å². The largest absolute Gasteiger partial charge is 0.494 e. The van der Waals surface area contributed by atoms with Crippen LogP contribution >= 0.6 is 0 Å². The van der Waals surface area contributed by atoms with E-state index >= 15 is 0 Å². The van der Waals surface area contributed by atoms with E-state index in [1.165, 1.54) is 13.2 Å². The number of hydrogen-bond donors (Lipinski definition) is 1. The molecule has 0 radical (unpaired) electrons. The van der Waals surface area contributed by atoms with Crippen molar-refractivity contribution in [1.29, 1.82) is 5.26 Å². The van der Waals surface area contributed by atoms with Crippen LogP contribution in [0.5, 0.6) is 5.75 Å². The molecule has 0 aromatic heterocycles. The number of benzene rings is 2. The molecule has 1 spiro atoms. The van der Waals surface area contributed by atoms with Crippen molar-refractivity contribution in [3.05, 3.63) is 59.4 Å². The van der Waals surface area contributed by atoms with Crippen molar-refractivity contribution >= 4 is 5.69 Å². The molecule has 0 atom stereocenters. The van der Waals surface area contributed by atoms with Gasteiger partial charge in [0, 0.05) is 38.3 Å². The Kier molecular flexibility index (Phi) is 7.22. The standard InChI is InChI=1S/C24H28FN3O4/c1-29-22-7-4-19(12-21(22)25)14-28(20-5-2-18(13-26)3-6-20)10-8-23-30-16-24(17-31-23)15-27-9-11-32-24/h2-7,12,23,27H,8-11,14-17H2,1H3. The summed E-state index contributed by atoms with van der Waals surface area (Å²) in [6, 6.07) is 14.5. The first-order chi connectivity index (χ1) is 15.6. The van der Waals surface area contributed by atoms with Crippen molar-refractivity contribution in [3.63, 3.8) is 0 Å². The minimum atomic E-state index is -0.401. The molecule has 2 aliphatic heterocycles. The summed E-state index contributed by atoms with van der Waals surface area (Å²) in [5, 5.41) is 12.4. The number of nitrogens with zero attached hydrogens (tertiary/aromatic N) is 2. The quantitative estimate of drug-likeness (QED) is 0.708. The molecule has 2 aromatic carbocycles. The third-order valence-electron chi connectivity index (χ3n) is 5.78. The van der Waals surface area contributed by atoms with Crippen LogP contribution in [-0.2, 0) is 20.8 Å². The van der Waals surface area contributed by atoms with E-state index in [9.17, 15) is 4.39 Å². The molecule has 0 amide bonds. The van der Waals surface area contributed by atoms with E-state index in [1.807, 2.05) is 18.2 Å². The molecule has 0 bridgehead atoms. The van der Waals surface area contributed by atoms with Crippen molar-refractivity contribution in [2.45, 2.75) is 24.9 Å². The maximum absolute atomic E-state index is 14.2. The van der Waals surface area contributed by atoms with E-state index in [-0.39, 0.29) is 12.0 Å². The molecular weight excluding hydrogens is 413 g/mol. The Labute approximate surface area is 187 Å². The highest BCUT2D eigenvalue weighted by Gasteiger charge is 2.39. The lowest BCUT2D eigenvalue weighted by Gasteiger charge is -2.42. The Balaban J connectivity index is 1.42. The fourth-order valence-corrected chi connectivity index (χ4v) is 3.97. The Bertz CT molecular complexity index is 931. The number of ether oxygens (including phenoxy) is 4. The maximum Gasteiger partial charge on any atom is 0.165 e. The molecule has 2 fully saturated rings. The normalized spacial score (nSPS) is 23.0. The second kappa shape index (κ2) is 10.3. The van der Waals surface area contributed by atoms with Crippen LogP contribution in [0, 0.1) is 17.1 Å². The first-order valence-electron chi connectivity index (χ1n) is 10.8. The molecule has 0 aliphatic carbocycles. The monoisotopic (exact) mass is 441 g/mol. The third-order valence-corrected chi connectivity index (χ3v) is 5.78. The van der Waals surface area contributed by atoms with Crippen LogP contribution in [0.2, 0.25) is 0 Å². The van der Waals surface area contributed by atoms with Crippen molar-refractivity contribution in [2.75, 3.05) is 51.5 Å². The number of hydrogen-bond acceptors (Lipinski definition) is 7. The molecule has 0 saturated carbocycles. The smallest absolute Gasteiger partial charge is 0.165 e. The van der Waals surface area contributed by atoms with Crippen LogP contribution in [0.25, 0.3) is 0 Å². The highest BCUT2D eigenvalue weighted by atomic mass is 19.1. The molecule has 2 aliphatic rings. The summed E-state index contributed by atoms with van der Waals surface area (Å²) in [5.41, 5.74) is 1.95. The Morgan fingerprint density at radius 1 is 1.22 bits per heavy atom. The summed E-state index contributed by atoms with van der Waals surface area (Å²) >= 11 is 0. The van der Waals surface area contributed by atoms with Gasteiger partial charge in [0.1, 0.15) is 5.60 Å². The summed E-state index contributed by atoms with van der Waals surface area (Å²) < 4.78 is 37.0. The van der Waals surface area contributed by atoms with Gasteiger partial charge in [-0.25, -0.2) is 4.39 Å². The minimum absolute atomic E-state index is 0.219. The molecule has 8 heteroatoms. The predicted molar refractivity (Wildman–Crippen MR) is 117 cm³/mol. The van der Waals surface area contributed by atoms with Crippen LogP contribution in [0.3, 0.4) is 0 Å². The van der Waals surface area contributed by atoms with E-state index in [1.54, 1.807) is 18.2 Å². The van der Waals surface area contributed by atoms with Crippen molar-refractivity contribution in [3.8, 4) is 11.8 Å². The Morgan fingerprint density at radius 3 is 2.62 bits per heavy atom. The molecular formula is C24H28FN3O4. The van der Waals surface area contributed by atoms with Crippen LogP contribution in [0.15, 0.2) is 42.5 Å². The molecule has 4 rings (SSSR count). The van der Waals surface area contributed by atoms with E-state index in [0.717, 1.165) is 24.3 Å². The summed E-state index contributed by atoms with van der Waals surface area (Å²) in [5.74, 6) is -0.175. The van der Waals surface area contributed by atoms with Crippen molar-refractivity contribution in [1.82, 2.24) is 5.32 Å². The zero-order valence-electron chi connectivity index (χ0n) is 18.2. The lowest BCUT2D eigenvalue weighted by Crippen LogP contribution is -2.59. The van der Waals surface area contributed by atoms with E-state index in [4.69, 9.17) is 24.2 Å². The van der Waals surface area contributed by atoms with Gasteiger partial charge in [0.25, 0.3) is 0 Å². The average Bonchev–Trinajstić information content (AvgIpc) is 2.83. The van der Waals surface area contributed by atoms with Gasteiger partial charge in [-0.05, 0) is 42.0 Å². The first kappa shape index (κ1) is 22.5. The predicted octanol–water partition coefficient (Wildman–Crippen LogP) is 2.83. The summed E-state index contributed by atoms with van der Waals surface area (Å²) in [6.45, 7) is 4.34. The SMILES string of the molecule is COc1ccc(CN(CCC2OCC3(CNCCO3)CO2)c2ccc(C#N)cc2)cc1F. The van der Waals surface area contributed by atoms with Crippen LogP contribution in [0.1, 0.15) is 17.5 Å². The fourth-order valence-electron chi connectivity index (χ4n) is 3.97. The summed E-state index contributed by atoms with van der Waals surface area (Å²) in [6.07, 6.45) is 0.307. The molecule has 7 nitrogen and oxygen atoms in total. The summed E-state index contributed by atoms with van der Waals surface area (Å²) in [4.78, 5) is 2.12. The molecule has 32 heavy (non-hydrogen) atoms. The van der Waals surface area contributed by atoms with Crippen LogP contribution in [-0.4, -0.2) is 58.5 Å². The lowest BCUT2D eigenvalue weighted by molar-refractivity contribution is -0.269. The van der Waals surface area contributed by atoms with Gasteiger partial charge in [-0.15, -0.1) is 0 Å². The van der Waals surface area contributed by atoms with Crippen molar-refractivity contribution in [2.24, 2.45) is 0 Å². The second-order valence-corrected chi connectivity index (χ2v) is 8.10. The van der Waals surface area contributed by atoms with Gasteiger partial charge in [-0.1, -0.05) is 6.07 Å². The van der Waals surface area contributed by atoms with Gasteiger partial charge < -0.3 is 29.2 Å². The lowest BCUT2D eigenvalue weighted by atomic mass is 10.0. The highest BCUT2D eigenvalue weighted by Crippen LogP contribution is 2.25. The average molecular weight is 442 g/mol. The van der Waals surface area contributed by atoms with Gasteiger partial charge in [0.05, 0.1) is 38.6 Å². The van der Waals surface area contributed by atoms with Gasteiger partial charge in [0.2, 0.25) is 0 Å². The Hall–Kier alpha value is -2.70. The number of nitriles is 1. The molecule has 2 aromatic rings. The number of anilines is 1. The van der Waals surface area contributed by atoms with Crippen molar-refractivity contribution < 1.29 is 23.3 Å². The topological polar surface area (TPSA) is 76.0 Å². The molecule has 2 saturated heterocycles. The fraction of sp³-hybridized carbons (Fsp3) is 0.458. The number of nitrogens with one attached hydrogen (secondary N) is 1.